The Labute approximate surface area is 82.8 Å². The largest absolute Gasteiger partial charge is 0.508 e. The lowest BCUT2D eigenvalue weighted by Crippen LogP contribution is -2.09. The van der Waals surface area contributed by atoms with Crippen LogP contribution in [0.3, 0.4) is 0 Å². The molecule has 0 aromatic heterocycles. The van der Waals surface area contributed by atoms with Gasteiger partial charge in [-0.15, -0.1) is 11.6 Å². The maximum absolute atomic E-state index is 9.38. The number of aromatic hydroxyl groups is 1. The van der Waals surface area contributed by atoms with Gasteiger partial charge in [0.15, 0.2) is 0 Å². The minimum absolute atomic E-state index is 0.244. The van der Waals surface area contributed by atoms with Crippen molar-refractivity contribution in [1.82, 2.24) is 0 Å². The first-order valence-corrected chi connectivity index (χ1v) is 4.78. The van der Waals surface area contributed by atoms with Crippen molar-refractivity contribution in [2.24, 2.45) is 0 Å². The van der Waals surface area contributed by atoms with E-state index in [1.807, 2.05) is 12.1 Å². The number of hydrogen-bond acceptors (Lipinski definition) is 2. The summed E-state index contributed by atoms with van der Waals surface area (Å²) in [6, 6.07) is 7.12. The van der Waals surface area contributed by atoms with Crippen LogP contribution in [0.5, 0.6) is 5.75 Å². The second-order valence-electron chi connectivity index (χ2n) is 2.98. The molecule has 1 atom stereocenters. The molecule has 1 aromatic carbocycles. The number of para-hydroxylation sites is 1. The van der Waals surface area contributed by atoms with Crippen LogP contribution in [0, 0.1) is 0 Å². The standard InChI is InChI=1S/C10H13ClO2/c11-7-9(12)6-5-8-3-1-2-4-10(8)13/h1-4,9,12-13H,5-7H2. The van der Waals surface area contributed by atoms with Crippen molar-refractivity contribution in [1.29, 1.82) is 0 Å². The number of hydrogen-bond donors (Lipinski definition) is 2. The van der Waals surface area contributed by atoms with Crippen molar-refractivity contribution >= 4 is 11.6 Å². The summed E-state index contributed by atoms with van der Waals surface area (Å²) in [7, 11) is 0. The van der Waals surface area contributed by atoms with E-state index in [0.29, 0.717) is 12.8 Å². The van der Waals surface area contributed by atoms with E-state index in [2.05, 4.69) is 0 Å². The summed E-state index contributed by atoms with van der Waals surface area (Å²) in [6.45, 7) is 0. The number of phenolic OH excluding ortho intramolecular Hbond substituents is 1. The smallest absolute Gasteiger partial charge is 0.118 e. The van der Waals surface area contributed by atoms with Gasteiger partial charge >= 0.3 is 0 Å². The predicted molar refractivity (Wildman–Crippen MR) is 53.2 cm³/mol. The minimum Gasteiger partial charge on any atom is -0.508 e. The Balaban J connectivity index is 2.50. The number of benzene rings is 1. The normalized spacial score (nSPS) is 12.8. The third-order valence-corrected chi connectivity index (χ3v) is 2.27. The Hall–Kier alpha value is -0.730. The Kier molecular flexibility index (Phi) is 4.06. The molecule has 2 nitrogen and oxygen atoms in total. The first-order chi connectivity index (χ1) is 6.24. The SMILES string of the molecule is Oc1ccccc1CCC(O)CCl. The molecule has 72 valence electrons. The molecule has 0 aliphatic rings. The predicted octanol–water partition coefficient (Wildman–Crippen LogP) is 1.92. The lowest BCUT2D eigenvalue weighted by atomic mass is 10.1. The number of aliphatic hydroxyl groups excluding tert-OH is 1. The van der Waals surface area contributed by atoms with Gasteiger partial charge in [0.05, 0.1) is 6.10 Å². The van der Waals surface area contributed by atoms with Gasteiger partial charge in [0, 0.05) is 5.88 Å². The van der Waals surface area contributed by atoms with Crippen LogP contribution in [0.2, 0.25) is 0 Å². The Morgan fingerprint density at radius 3 is 2.62 bits per heavy atom. The highest BCUT2D eigenvalue weighted by atomic mass is 35.5. The zero-order chi connectivity index (χ0) is 9.68. The lowest BCUT2D eigenvalue weighted by molar-refractivity contribution is 0.188. The van der Waals surface area contributed by atoms with E-state index in [-0.39, 0.29) is 11.6 Å². The molecule has 0 radical (unpaired) electrons. The molecular weight excluding hydrogens is 188 g/mol. The van der Waals surface area contributed by atoms with Crippen LogP contribution in [0.1, 0.15) is 12.0 Å². The maximum atomic E-state index is 9.38. The molecule has 0 fully saturated rings. The minimum atomic E-state index is -0.485. The van der Waals surface area contributed by atoms with Crippen molar-refractivity contribution in [2.45, 2.75) is 18.9 Å². The number of phenols is 1. The molecule has 0 aliphatic carbocycles. The zero-order valence-electron chi connectivity index (χ0n) is 7.28. The number of aliphatic hydroxyl groups is 1. The highest BCUT2D eigenvalue weighted by Gasteiger charge is 2.04. The molecule has 0 heterocycles. The van der Waals surface area contributed by atoms with Crippen LogP contribution in [-0.2, 0) is 6.42 Å². The van der Waals surface area contributed by atoms with Gasteiger partial charge in [-0.25, -0.2) is 0 Å². The zero-order valence-corrected chi connectivity index (χ0v) is 8.04. The van der Waals surface area contributed by atoms with Gasteiger partial charge in [-0.05, 0) is 24.5 Å². The Bertz CT molecular complexity index is 263. The van der Waals surface area contributed by atoms with E-state index in [9.17, 15) is 10.2 Å². The summed E-state index contributed by atoms with van der Waals surface area (Å²) in [4.78, 5) is 0. The first-order valence-electron chi connectivity index (χ1n) is 4.25. The average molecular weight is 201 g/mol. The van der Waals surface area contributed by atoms with Crippen LogP contribution >= 0.6 is 11.6 Å². The third-order valence-electron chi connectivity index (χ3n) is 1.92. The van der Waals surface area contributed by atoms with Crippen molar-refractivity contribution in [3.05, 3.63) is 29.8 Å². The molecule has 0 bridgehead atoms. The van der Waals surface area contributed by atoms with Crippen LogP contribution in [0.15, 0.2) is 24.3 Å². The van der Waals surface area contributed by atoms with E-state index in [0.717, 1.165) is 5.56 Å². The van der Waals surface area contributed by atoms with E-state index in [4.69, 9.17) is 11.6 Å². The summed E-state index contributed by atoms with van der Waals surface area (Å²) < 4.78 is 0. The molecule has 2 N–H and O–H groups in total. The Morgan fingerprint density at radius 2 is 2.00 bits per heavy atom. The molecular formula is C10H13ClO2. The van der Waals surface area contributed by atoms with Crippen LogP contribution in [0.25, 0.3) is 0 Å². The summed E-state index contributed by atoms with van der Waals surface area (Å²) in [5.41, 5.74) is 0.853. The summed E-state index contributed by atoms with van der Waals surface area (Å²) in [5, 5.41) is 18.6. The third kappa shape index (κ3) is 3.25. The quantitative estimate of drug-likeness (QED) is 0.730. The summed E-state index contributed by atoms with van der Waals surface area (Å²) >= 11 is 5.45. The fraction of sp³-hybridized carbons (Fsp3) is 0.400. The van der Waals surface area contributed by atoms with Crippen molar-refractivity contribution in [3.63, 3.8) is 0 Å². The molecule has 1 rings (SSSR count). The van der Waals surface area contributed by atoms with Crippen molar-refractivity contribution in [2.75, 3.05) is 5.88 Å². The topological polar surface area (TPSA) is 40.5 Å². The van der Waals surface area contributed by atoms with Crippen LogP contribution in [-0.4, -0.2) is 22.2 Å². The van der Waals surface area contributed by atoms with Gasteiger partial charge in [0.25, 0.3) is 0 Å². The highest BCUT2D eigenvalue weighted by Crippen LogP contribution is 2.17. The van der Waals surface area contributed by atoms with Crippen LogP contribution in [0.4, 0.5) is 0 Å². The summed E-state index contributed by atoms with van der Waals surface area (Å²) in [6.07, 6.45) is 0.753. The van der Waals surface area contributed by atoms with Gasteiger partial charge in [-0.1, -0.05) is 18.2 Å². The van der Waals surface area contributed by atoms with Crippen molar-refractivity contribution in [3.8, 4) is 5.75 Å². The summed E-state index contributed by atoms with van der Waals surface area (Å²) in [5.74, 6) is 0.525. The van der Waals surface area contributed by atoms with Gasteiger partial charge in [0.1, 0.15) is 5.75 Å². The Morgan fingerprint density at radius 1 is 1.31 bits per heavy atom. The van der Waals surface area contributed by atoms with Crippen molar-refractivity contribution < 1.29 is 10.2 Å². The number of rotatable bonds is 4. The molecule has 0 saturated carbocycles. The van der Waals surface area contributed by atoms with E-state index >= 15 is 0 Å². The average Bonchev–Trinajstić information content (AvgIpc) is 2.16. The number of halogens is 1. The monoisotopic (exact) mass is 200 g/mol. The lowest BCUT2D eigenvalue weighted by Gasteiger charge is -2.07. The second kappa shape index (κ2) is 5.10. The van der Waals surface area contributed by atoms with Gasteiger partial charge in [-0.3, -0.25) is 0 Å². The highest BCUT2D eigenvalue weighted by molar-refractivity contribution is 6.18. The number of alkyl halides is 1. The molecule has 1 aromatic rings. The molecule has 13 heavy (non-hydrogen) atoms. The fourth-order valence-electron chi connectivity index (χ4n) is 1.12. The maximum Gasteiger partial charge on any atom is 0.118 e. The van der Waals surface area contributed by atoms with Crippen LogP contribution < -0.4 is 0 Å². The van der Waals surface area contributed by atoms with Gasteiger partial charge in [-0.2, -0.15) is 0 Å². The molecule has 3 heteroatoms. The van der Waals surface area contributed by atoms with E-state index in [1.165, 1.54) is 0 Å². The number of aryl methyl sites for hydroxylation is 1. The molecule has 0 amide bonds. The first kappa shape index (κ1) is 10.4. The van der Waals surface area contributed by atoms with Gasteiger partial charge < -0.3 is 10.2 Å². The second-order valence-corrected chi connectivity index (χ2v) is 3.28. The van der Waals surface area contributed by atoms with Gasteiger partial charge in [0.2, 0.25) is 0 Å². The van der Waals surface area contributed by atoms with E-state index in [1.54, 1.807) is 12.1 Å². The molecule has 1 unspecified atom stereocenters. The fourth-order valence-corrected chi connectivity index (χ4v) is 1.28. The molecule has 0 saturated heterocycles. The van der Waals surface area contributed by atoms with E-state index < -0.39 is 6.10 Å². The molecule has 0 aliphatic heterocycles. The molecule has 0 spiro atoms.